The predicted molar refractivity (Wildman–Crippen MR) is 108 cm³/mol. The summed E-state index contributed by atoms with van der Waals surface area (Å²) in [6.07, 6.45) is 5.27. The molecule has 1 aromatic rings. The summed E-state index contributed by atoms with van der Waals surface area (Å²) < 4.78 is 10.3. The van der Waals surface area contributed by atoms with Gasteiger partial charge in [-0.3, -0.25) is 14.9 Å². The lowest BCUT2D eigenvalue weighted by Crippen LogP contribution is -2.31. The van der Waals surface area contributed by atoms with Crippen LogP contribution >= 0.6 is 0 Å². The molecule has 0 spiro atoms. The van der Waals surface area contributed by atoms with Crippen LogP contribution < -0.4 is 5.32 Å². The van der Waals surface area contributed by atoms with Crippen molar-refractivity contribution in [3.8, 4) is 0 Å². The first-order valence-electron chi connectivity index (χ1n) is 9.98. The molecule has 158 valence electrons. The van der Waals surface area contributed by atoms with Crippen LogP contribution in [0.3, 0.4) is 0 Å². The van der Waals surface area contributed by atoms with Crippen molar-refractivity contribution in [2.24, 2.45) is 5.10 Å². The van der Waals surface area contributed by atoms with Gasteiger partial charge in [-0.25, -0.2) is 9.80 Å². The number of methoxy groups -OCH3 is 1. The summed E-state index contributed by atoms with van der Waals surface area (Å²) in [6.45, 7) is 2.18. The fourth-order valence-corrected chi connectivity index (χ4v) is 3.14. The molecule has 2 unspecified atom stereocenters. The molecule has 1 aliphatic heterocycles. The highest BCUT2D eigenvalue weighted by Crippen LogP contribution is 2.19. The summed E-state index contributed by atoms with van der Waals surface area (Å²) in [5, 5.41) is 7.73. The van der Waals surface area contributed by atoms with E-state index in [4.69, 9.17) is 9.47 Å². The maximum Gasteiger partial charge on any atom is 0.345 e. The minimum atomic E-state index is -0.628. The maximum atomic E-state index is 12.1. The fourth-order valence-electron chi connectivity index (χ4n) is 3.14. The molecule has 0 saturated carbocycles. The lowest BCUT2D eigenvalue weighted by molar-refractivity contribution is -0.143. The number of esters is 1. The molecule has 8 heteroatoms. The summed E-state index contributed by atoms with van der Waals surface area (Å²) in [7, 11) is 1.56. The van der Waals surface area contributed by atoms with Crippen LogP contribution in [0.2, 0.25) is 0 Å². The van der Waals surface area contributed by atoms with E-state index in [-0.39, 0.29) is 11.9 Å². The van der Waals surface area contributed by atoms with Gasteiger partial charge in [-0.2, -0.15) is 5.10 Å². The Balaban J connectivity index is 1.84. The topological polar surface area (TPSA) is 97.3 Å². The second-order valence-corrected chi connectivity index (χ2v) is 6.74. The summed E-state index contributed by atoms with van der Waals surface area (Å²) in [5.41, 5.74) is 0.905. The Hall–Kier alpha value is -2.74. The third-order valence-electron chi connectivity index (χ3n) is 4.66. The van der Waals surface area contributed by atoms with E-state index in [1.54, 1.807) is 14.0 Å². The predicted octanol–water partition coefficient (Wildman–Crippen LogP) is 3.18. The molecule has 1 N–H and O–H groups in total. The maximum absolute atomic E-state index is 12.1. The van der Waals surface area contributed by atoms with E-state index in [0.717, 1.165) is 31.2 Å². The number of hydrogen-bond donors (Lipinski definition) is 1. The third-order valence-corrected chi connectivity index (χ3v) is 4.66. The minimum absolute atomic E-state index is 0.181. The number of nitrogens with one attached hydrogen (secondary N) is 1. The Labute approximate surface area is 171 Å². The fraction of sp³-hybridized carbons (Fsp3) is 0.524. The second kappa shape index (κ2) is 12.0. The minimum Gasteiger partial charge on any atom is -0.466 e. The van der Waals surface area contributed by atoms with Gasteiger partial charge >= 0.3 is 12.0 Å². The van der Waals surface area contributed by atoms with Crippen molar-refractivity contribution < 1.29 is 23.9 Å². The molecular formula is C21H29N3O5. The van der Waals surface area contributed by atoms with E-state index in [0.29, 0.717) is 19.4 Å². The van der Waals surface area contributed by atoms with Gasteiger partial charge in [-0.15, -0.1) is 0 Å². The molecule has 8 nitrogen and oxygen atoms in total. The first kappa shape index (κ1) is 22.5. The van der Waals surface area contributed by atoms with Crippen LogP contribution in [0, 0.1) is 0 Å². The zero-order chi connectivity index (χ0) is 21.1. The standard InChI is InChI=1S/C21H29N3O5/c1-3-29-19(25)14-10-5-4-9-13-17-20(26)23-21(27)24(17)22-15-18(28-2)16-11-7-6-8-12-16/h6-8,11-12,15,17-18H,3-5,9-10,13-14H2,1-2H3,(H,23,26,27). The summed E-state index contributed by atoms with van der Waals surface area (Å²) in [5.74, 6) is -0.521. The number of nitrogens with zero attached hydrogens (tertiary/aromatic N) is 2. The average Bonchev–Trinajstić information content (AvgIpc) is 2.98. The molecule has 0 aromatic heterocycles. The largest absolute Gasteiger partial charge is 0.466 e. The van der Waals surface area contributed by atoms with E-state index in [9.17, 15) is 14.4 Å². The van der Waals surface area contributed by atoms with E-state index in [2.05, 4.69) is 10.4 Å². The highest BCUT2D eigenvalue weighted by Gasteiger charge is 2.38. The van der Waals surface area contributed by atoms with Crippen LogP contribution in [0.4, 0.5) is 4.79 Å². The summed E-state index contributed by atoms with van der Waals surface area (Å²) in [6, 6.07) is 8.35. The lowest BCUT2D eigenvalue weighted by Gasteiger charge is -2.17. The number of imide groups is 1. The van der Waals surface area contributed by atoms with Gasteiger partial charge in [-0.05, 0) is 25.3 Å². The number of ether oxygens (including phenoxy) is 2. The highest BCUT2D eigenvalue weighted by molar-refractivity contribution is 6.04. The zero-order valence-electron chi connectivity index (χ0n) is 17.0. The number of carbonyl (C=O) groups excluding carboxylic acids is 3. The first-order valence-corrected chi connectivity index (χ1v) is 9.98. The third kappa shape index (κ3) is 6.98. The van der Waals surface area contributed by atoms with Crippen molar-refractivity contribution in [3.05, 3.63) is 35.9 Å². The first-order chi connectivity index (χ1) is 14.1. The number of rotatable bonds is 12. The molecule has 3 amide bonds. The number of amides is 3. The second-order valence-electron chi connectivity index (χ2n) is 6.74. The molecular weight excluding hydrogens is 374 g/mol. The van der Waals surface area contributed by atoms with Gasteiger partial charge in [0.05, 0.1) is 12.8 Å². The molecule has 1 fully saturated rings. The molecule has 0 aliphatic carbocycles. The van der Waals surface area contributed by atoms with Crippen molar-refractivity contribution >= 4 is 24.1 Å². The number of benzene rings is 1. The van der Waals surface area contributed by atoms with Gasteiger partial charge in [0.1, 0.15) is 12.1 Å². The van der Waals surface area contributed by atoms with Crippen molar-refractivity contribution in [3.63, 3.8) is 0 Å². The van der Waals surface area contributed by atoms with Crippen LogP contribution in [0.5, 0.6) is 0 Å². The molecule has 0 radical (unpaired) electrons. The molecule has 0 bridgehead atoms. The molecule has 1 aromatic carbocycles. The molecule has 29 heavy (non-hydrogen) atoms. The molecule has 1 saturated heterocycles. The van der Waals surface area contributed by atoms with Gasteiger partial charge in [0.2, 0.25) is 0 Å². The van der Waals surface area contributed by atoms with Crippen LogP contribution in [-0.4, -0.2) is 48.9 Å². The smallest absolute Gasteiger partial charge is 0.345 e. The van der Waals surface area contributed by atoms with Crippen LogP contribution in [0.1, 0.15) is 57.1 Å². The van der Waals surface area contributed by atoms with Gasteiger partial charge in [0.25, 0.3) is 5.91 Å². The van der Waals surface area contributed by atoms with Gasteiger partial charge in [0, 0.05) is 13.5 Å². The van der Waals surface area contributed by atoms with Crippen LogP contribution in [0.25, 0.3) is 0 Å². The molecule has 1 heterocycles. The van der Waals surface area contributed by atoms with E-state index < -0.39 is 18.2 Å². The average molecular weight is 403 g/mol. The number of carbonyl (C=O) groups is 3. The van der Waals surface area contributed by atoms with Crippen molar-refractivity contribution in [2.75, 3.05) is 13.7 Å². The normalized spacial score (nSPS) is 17.6. The van der Waals surface area contributed by atoms with Crippen LogP contribution in [-0.2, 0) is 19.1 Å². The van der Waals surface area contributed by atoms with E-state index in [1.807, 2.05) is 30.3 Å². The summed E-state index contributed by atoms with van der Waals surface area (Å²) in [4.78, 5) is 35.5. The quantitative estimate of drug-likeness (QED) is 0.250. The number of urea groups is 1. The van der Waals surface area contributed by atoms with Gasteiger partial charge in [0.15, 0.2) is 0 Å². The number of hydrogen-bond acceptors (Lipinski definition) is 6. The Bertz CT molecular complexity index is 708. The Morgan fingerprint density at radius 2 is 1.93 bits per heavy atom. The highest BCUT2D eigenvalue weighted by atomic mass is 16.5. The van der Waals surface area contributed by atoms with E-state index >= 15 is 0 Å². The van der Waals surface area contributed by atoms with Crippen LogP contribution in [0.15, 0.2) is 35.4 Å². The molecule has 2 rings (SSSR count). The zero-order valence-corrected chi connectivity index (χ0v) is 17.0. The Kier molecular flexibility index (Phi) is 9.30. The molecule has 2 atom stereocenters. The Morgan fingerprint density at radius 3 is 2.62 bits per heavy atom. The Morgan fingerprint density at radius 1 is 1.21 bits per heavy atom. The van der Waals surface area contributed by atoms with Crippen molar-refractivity contribution in [2.45, 2.75) is 57.6 Å². The van der Waals surface area contributed by atoms with Gasteiger partial charge < -0.3 is 9.47 Å². The van der Waals surface area contributed by atoms with E-state index in [1.165, 1.54) is 11.2 Å². The SMILES string of the molecule is CCOC(=O)CCCCCCC1C(=O)NC(=O)N1N=CC(OC)c1ccccc1. The summed E-state index contributed by atoms with van der Waals surface area (Å²) >= 11 is 0. The lowest BCUT2D eigenvalue weighted by atomic mass is 10.1. The van der Waals surface area contributed by atoms with Crippen molar-refractivity contribution in [1.82, 2.24) is 10.3 Å². The number of hydrazone groups is 1. The van der Waals surface area contributed by atoms with Gasteiger partial charge in [-0.1, -0.05) is 49.6 Å². The van der Waals surface area contributed by atoms with Crippen molar-refractivity contribution in [1.29, 1.82) is 0 Å². The monoisotopic (exact) mass is 403 g/mol. The molecule has 1 aliphatic rings. The number of unbranched alkanes of at least 4 members (excludes halogenated alkanes) is 3.